The Kier molecular flexibility index (Phi) is 13.7. The fraction of sp³-hybridized carbons (Fsp3) is 0.358. The van der Waals surface area contributed by atoms with Gasteiger partial charge in [0, 0.05) is 24.1 Å². The number of Topliss-reactive ketones (excluding diaryl/α,β-unsaturated/α-hetero) is 1. The highest BCUT2D eigenvalue weighted by Gasteiger charge is 2.53. The number of carbonyl (C=O) groups excluding carboxylic acids is 2. The minimum Gasteiger partial charge on any atom is -0.507 e. The van der Waals surface area contributed by atoms with E-state index < -0.39 is 150 Å². The molecule has 0 spiro atoms. The number of aliphatic hydroxyl groups excluding tert-OH is 6. The van der Waals surface area contributed by atoms with Gasteiger partial charge in [0.25, 0.3) is 0 Å². The van der Waals surface area contributed by atoms with Crippen LogP contribution in [0.2, 0.25) is 0 Å². The summed E-state index contributed by atoms with van der Waals surface area (Å²) in [5.41, 5.74) is 5.04. The zero-order valence-electron chi connectivity index (χ0n) is 39.0. The number of carboxylic acid groups (broad SMARTS) is 2. The van der Waals surface area contributed by atoms with Gasteiger partial charge in [-0.15, -0.1) is 0 Å². The van der Waals surface area contributed by atoms with E-state index in [0.717, 1.165) is 36.2 Å². The Bertz CT molecular complexity index is 3020. The fourth-order valence-corrected chi connectivity index (χ4v) is 10.8. The summed E-state index contributed by atoms with van der Waals surface area (Å²) in [4.78, 5) is 55.4. The van der Waals surface area contributed by atoms with Crippen molar-refractivity contribution in [3.8, 4) is 17.2 Å². The number of aromatic hydroxyl groups is 2. The van der Waals surface area contributed by atoms with Crippen molar-refractivity contribution in [2.45, 2.75) is 98.6 Å². The summed E-state index contributed by atoms with van der Waals surface area (Å²) in [6, 6.07) is 15.7. The second-order valence-corrected chi connectivity index (χ2v) is 18.8. The van der Waals surface area contributed by atoms with Gasteiger partial charge in [-0.05, 0) is 95.6 Å². The predicted molar refractivity (Wildman–Crippen MR) is 253 cm³/mol. The number of aromatic carboxylic acids is 2. The van der Waals surface area contributed by atoms with Gasteiger partial charge in [-0.2, -0.15) is 0 Å². The molecule has 12 N–H and O–H groups in total. The number of phenols is 2. The number of allylic oxidation sites excluding steroid dienone is 3. The lowest BCUT2D eigenvalue weighted by atomic mass is 9.63. The maximum atomic E-state index is 15.0. The van der Waals surface area contributed by atoms with Crippen LogP contribution in [-0.4, -0.2) is 162 Å². The van der Waals surface area contributed by atoms with Gasteiger partial charge in [0.05, 0.1) is 52.7 Å². The van der Waals surface area contributed by atoms with Gasteiger partial charge in [-0.3, -0.25) is 9.59 Å². The molecule has 13 atom stereocenters. The summed E-state index contributed by atoms with van der Waals surface area (Å²) >= 11 is 0. The molecule has 2 fully saturated rings. The van der Waals surface area contributed by atoms with Crippen molar-refractivity contribution >= 4 is 29.2 Å². The van der Waals surface area contributed by atoms with Gasteiger partial charge < -0.3 is 85.2 Å². The average molecular weight is 1020 g/mol. The van der Waals surface area contributed by atoms with E-state index in [4.69, 9.17) is 34.2 Å². The highest BCUT2D eigenvalue weighted by molar-refractivity contribution is 6.18. The number of ether oxygens (including phenoxy) is 6. The number of carboxylic acids is 2. The molecule has 4 aromatic carbocycles. The van der Waals surface area contributed by atoms with Crippen molar-refractivity contribution < 1.29 is 98.7 Å². The number of benzene rings is 4. The molecule has 1 unspecified atom stereocenters. The topological polar surface area (TPSA) is 352 Å². The third-order valence-corrected chi connectivity index (χ3v) is 14.3. The van der Waals surface area contributed by atoms with Crippen molar-refractivity contribution in [3.63, 3.8) is 0 Å². The lowest BCUT2D eigenvalue weighted by molar-refractivity contribution is -0.297. The van der Waals surface area contributed by atoms with Gasteiger partial charge in [0.2, 0.25) is 24.1 Å². The number of nitrogen functional groups attached to an aromatic ring is 1. The maximum absolute atomic E-state index is 15.0. The summed E-state index contributed by atoms with van der Waals surface area (Å²) in [6.45, 7) is -1.31. The SMILES string of the molecule is Nc1ccc(CCCCO[C@H]2[C@H](O)[C@@H](O)[C@H](Oc3cccc4c3C(=O)c3c(O)cc(C(=O)O)cc3[C@@H]4[C@@H]3C4=C(C(=O)c5c(O)cc(C(=O)O)cc53)C3=CC(C=C4)O[C@H]4[C@H](O3)O[C@H](CO)[C@@H](O)[C@@H]4O)O[C@@H]2CO)cc1. The number of fused-ring (bicyclic) bond motifs is 6. The van der Waals surface area contributed by atoms with Crippen molar-refractivity contribution in [2.24, 2.45) is 0 Å². The quantitative estimate of drug-likeness (QED) is 0.0673. The molecule has 388 valence electrons. The van der Waals surface area contributed by atoms with E-state index in [9.17, 15) is 60.7 Å². The van der Waals surface area contributed by atoms with E-state index in [2.05, 4.69) is 0 Å². The Morgan fingerprint density at radius 1 is 0.689 bits per heavy atom. The molecule has 0 radical (unpaired) electrons. The molecule has 0 saturated carbocycles. The minimum atomic E-state index is -1.84. The number of rotatable bonds is 13. The number of hydrogen-bond donors (Lipinski definition) is 11. The number of anilines is 1. The van der Waals surface area contributed by atoms with Gasteiger partial charge in [-0.1, -0.05) is 36.4 Å². The van der Waals surface area contributed by atoms with E-state index in [1.165, 1.54) is 36.4 Å². The first kappa shape index (κ1) is 50.5. The number of hydrogen-bond acceptors (Lipinski definition) is 19. The monoisotopic (exact) mass is 1020 g/mol. The molecular weight excluding hydrogens is 971 g/mol. The van der Waals surface area contributed by atoms with Crippen LogP contribution in [0.1, 0.15) is 93.9 Å². The van der Waals surface area contributed by atoms with Crippen LogP contribution in [0.25, 0.3) is 0 Å². The Morgan fingerprint density at radius 2 is 1.35 bits per heavy atom. The molecule has 74 heavy (non-hydrogen) atoms. The van der Waals surface area contributed by atoms with E-state index in [1.807, 2.05) is 12.1 Å². The molecule has 2 saturated heterocycles. The number of aliphatic hydroxyl groups is 6. The third-order valence-electron chi connectivity index (χ3n) is 14.3. The van der Waals surface area contributed by atoms with Crippen molar-refractivity contribution in [2.75, 3.05) is 25.6 Å². The first-order chi connectivity index (χ1) is 35.5. The molecule has 21 heteroatoms. The molecule has 10 rings (SSSR count). The second kappa shape index (κ2) is 20.0. The molecule has 0 aromatic heterocycles. The maximum Gasteiger partial charge on any atom is 0.335 e. The summed E-state index contributed by atoms with van der Waals surface area (Å²) < 4.78 is 36.5. The van der Waals surface area contributed by atoms with Gasteiger partial charge in [0.15, 0.2) is 0 Å². The van der Waals surface area contributed by atoms with Gasteiger partial charge >= 0.3 is 11.9 Å². The molecule has 21 nitrogen and oxygen atoms in total. The van der Waals surface area contributed by atoms with Crippen LogP contribution in [0.3, 0.4) is 0 Å². The number of ketones is 2. The number of unbranched alkanes of at least 4 members (excludes halogenated alkanes) is 1. The number of nitrogens with two attached hydrogens (primary N) is 1. The van der Waals surface area contributed by atoms with Crippen LogP contribution < -0.4 is 10.5 Å². The first-order valence-corrected chi connectivity index (χ1v) is 23.8. The highest BCUT2D eigenvalue weighted by Crippen LogP contribution is 2.57. The lowest BCUT2D eigenvalue weighted by Crippen LogP contribution is -2.61. The average Bonchev–Trinajstić information content (AvgIpc) is 3.67. The third kappa shape index (κ3) is 8.79. The zero-order valence-corrected chi connectivity index (χ0v) is 39.0. The van der Waals surface area contributed by atoms with Crippen LogP contribution in [0, 0.1) is 0 Å². The van der Waals surface area contributed by atoms with E-state index >= 15 is 9.59 Å². The van der Waals surface area contributed by atoms with Gasteiger partial charge in [-0.25, -0.2) is 9.59 Å². The first-order valence-electron chi connectivity index (χ1n) is 23.8. The molecular formula is C53H51NO20. The summed E-state index contributed by atoms with van der Waals surface area (Å²) in [5, 5.41) is 109. The van der Waals surface area contributed by atoms with Crippen molar-refractivity contribution in [1.29, 1.82) is 0 Å². The largest absolute Gasteiger partial charge is 0.507 e. The van der Waals surface area contributed by atoms with Crippen LogP contribution in [0.15, 0.2) is 102 Å². The summed E-state index contributed by atoms with van der Waals surface area (Å²) in [5.74, 6) is -9.68. The van der Waals surface area contributed by atoms with Gasteiger partial charge in [0.1, 0.15) is 71.8 Å². The van der Waals surface area contributed by atoms with Crippen LogP contribution >= 0.6 is 0 Å². The summed E-state index contributed by atoms with van der Waals surface area (Å²) in [7, 11) is 0. The number of phenolic OH excluding ortho intramolecular Hbond substituents is 2. The Hall–Kier alpha value is -7.02. The lowest BCUT2D eigenvalue weighted by Gasteiger charge is -2.43. The molecule has 4 aromatic rings. The fourth-order valence-electron chi connectivity index (χ4n) is 10.8. The zero-order chi connectivity index (χ0) is 52.4. The highest BCUT2D eigenvalue weighted by atomic mass is 16.7. The minimum absolute atomic E-state index is 0.0478. The Labute approximate surface area is 420 Å². The molecule has 6 aliphatic rings. The van der Waals surface area contributed by atoms with E-state index in [1.54, 1.807) is 12.1 Å². The molecule has 0 amide bonds. The summed E-state index contributed by atoms with van der Waals surface area (Å²) in [6.07, 6.45) is -10.2. The van der Waals surface area contributed by atoms with E-state index in [-0.39, 0.29) is 51.5 Å². The van der Waals surface area contributed by atoms with Crippen LogP contribution in [0.4, 0.5) is 5.69 Å². The predicted octanol–water partition coefficient (Wildman–Crippen LogP) is 1.93. The van der Waals surface area contributed by atoms with Crippen LogP contribution in [-0.2, 0) is 30.1 Å². The smallest absolute Gasteiger partial charge is 0.335 e. The number of carbonyl (C=O) groups is 4. The number of aryl methyl sites for hydroxylation is 1. The molecule has 3 aliphatic carbocycles. The molecule has 2 bridgehead atoms. The Morgan fingerprint density at radius 3 is 2.01 bits per heavy atom. The van der Waals surface area contributed by atoms with Crippen LogP contribution in [0.5, 0.6) is 17.2 Å². The standard InChI is InChI=1S/C53H51NO20/c54-24-9-7-21(8-10-24)4-1-2-13-69-48-35(20-56)74-52(47(64)46(48)63)71-32-6-3-5-26-36(28-14-22(50(65)66)16-30(57)38(28)43(60)40(26)32)37-27-12-11-25-18-33(72-53-49(70-25)45(62)42(59)34(19-55)73-53)41(27)44(61)39-29(37)15-23(51(67)68)17-31(39)58/h3,5-12,14-18,25,34-37,42,45-49,52-53,55-59,62-64H,1-2,4,13,19-20,54H2,(H,65,66)(H,67,68)/t25?,34-,35-,36-,37-,42-,45+,46-,47-,48-,49-,52-,53-/m1/s1. The van der Waals surface area contributed by atoms with Crippen molar-refractivity contribution in [3.05, 3.63) is 152 Å². The van der Waals surface area contributed by atoms with Crippen molar-refractivity contribution in [1.82, 2.24) is 0 Å². The molecule has 3 aliphatic heterocycles. The molecule has 3 heterocycles. The van der Waals surface area contributed by atoms with E-state index in [0.29, 0.717) is 18.5 Å². The Balaban J connectivity index is 1.06. The normalized spacial score (nSPS) is 29.8. The second-order valence-electron chi connectivity index (χ2n) is 18.8.